The molecule has 17 heavy (non-hydrogen) atoms. The van der Waals surface area contributed by atoms with Crippen LogP contribution >= 0.6 is 0 Å². The molecule has 0 aromatic carbocycles. The van der Waals surface area contributed by atoms with Crippen molar-refractivity contribution in [3.63, 3.8) is 0 Å². The molecule has 0 saturated heterocycles. The van der Waals surface area contributed by atoms with Crippen LogP contribution in [0.3, 0.4) is 0 Å². The van der Waals surface area contributed by atoms with Crippen molar-refractivity contribution in [2.75, 3.05) is 6.54 Å². The van der Waals surface area contributed by atoms with Crippen molar-refractivity contribution >= 4 is 0 Å². The van der Waals surface area contributed by atoms with Gasteiger partial charge in [-0.1, -0.05) is 51.7 Å². The molecule has 1 unspecified atom stereocenters. The topological polar surface area (TPSA) is 12.0 Å². The number of rotatable bonds is 9. The van der Waals surface area contributed by atoms with E-state index in [0.717, 1.165) is 18.9 Å². The Morgan fingerprint density at radius 1 is 1.29 bits per heavy atom. The van der Waals surface area contributed by atoms with Crippen LogP contribution in [0.15, 0.2) is 12.2 Å². The van der Waals surface area contributed by atoms with E-state index in [-0.39, 0.29) is 0 Å². The van der Waals surface area contributed by atoms with E-state index in [1.165, 1.54) is 56.9 Å². The van der Waals surface area contributed by atoms with Gasteiger partial charge in [0, 0.05) is 6.04 Å². The van der Waals surface area contributed by atoms with E-state index in [1.54, 1.807) is 0 Å². The lowest BCUT2D eigenvalue weighted by Gasteiger charge is -2.21. The molecule has 1 atom stereocenters. The van der Waals surface area contributed by atoms with Crippen molar-refractivity contribution in [1.29, 1.82) is 0 Å². The van der Waals surface area contributed by atoms with E-state index in [9.17, 15) is 0 Å². The zero-order valence-corrected chi connectivity index (χ0v) is 11.9. The summed E-state index contributed by atoms with van der Waals surface area (Å²) in [5.41, 5.74) is 1.41. The maximum absolute atomic E-state index is 4.16. The fourth-order valence-electron chi connectivity index (χ4n) is 2.85. The van der Waals surface area contributed by atoms with Crippen molar-refractivity contribution in [3.05, 3.63) is 12.2 Å². The molecule has 1 aliphatic carbocycles. The quantitative estimate of drug-likeness (QED) is 0.574. The van der Waals surface area contributed by atoms with Gasteiger partial charge in [0.2, 0.25) is 0 Å². The van der Waals surface area contributed by atoms with Gasteiger partial charge in [-0.05, 0) is 44.6 Å². The molecule has 0 bridgehead atoms. The van der Waals surface area contributed by atoms with Crippen molar-refractivity contribution in [2.45, 2.75) is 77.7 Å². The van der Waals surface area contributed by atoms with Gasteiger partial charge in [-0.3, -0.25) is 0 Å². The third-order valence-electron chi connectivity index (χ3n) is 4.12. The molecular formula is C16H31N. The van der Waals surface area contributed by atoms with Gasteiger partial charge in [0.05, 0.1) is 0 Å². The van der Waals surface area contributed by atoms with E-state index in [1.807, 2.05) is 0 Å². The maximum Gasteiger partial charge on any atom is 0.0104 e. The molecule has 0 aliphatic heterocycles. The summed E-state index contributed by atoms with van der Waals surface area (Å²) in [4.78, 5) is 0. The zero-order valence-electron chi connectivity index (χ0n) is 11.9. The van der Waals surface area contributed by atoms with E-state index in [4.69, 9.17) is 0 Å². The fourth-order valence-corrected chi connectivity index (χ4v) is 2.85. The molecule has 1 rings (SSSR count). The molecule has 1 nitrogen and oxygen atoms in total. The molecule has 1 aliphatic rings. The summed E-state index contributed by atoms with van der Waals surface area (Å²) in [5.74, 6) is 1.02. The van der Waals surface area contributed by atoms with Crippen LogP contribution in [0, 0.1) is 5.92 Å². The zero-order chi connectivity index (χ0) is 12.5. The summed E-state index contributed by atoms with van der Waals surface area (Å²) >= 11 is 0. The van der Waals surface area contributed by atoms with Gasteiger partial charge in [0.1, 0.15) is 0 Å². The summed E-state index contributed by atoms with van der Waals surface area (Å²) in [6.07, 6.45) is 12.2. The van der Waals surface area contributed by atoms with Gasteiger partial charge < -0.3 is 5.32 Å². The van der Waals surface area contributed by atoms with Crippen LogP contribution in [0.5, 0.6) is 0 Å². The Balaban J connectivity index is 2.25. The Bertz CT molecular complexity index is 204. The van der Waals surface area contributed by atoms with Crippen LogP contribution in [-0.4, -0.2) is 12.6 Å². The molecule has 0 amide bonds. The second kappa shape index (κ2) is 8.74. The van der Waals surface area contributed by atoms with E-state index >= 15 is 0 Å². The van der Waals surface area contributed by atoms with Gasteiger partial charge in [0.15, 0.2) is 0 Å². The highest BCUT2D eigenvalue weighted by molar-refractivity contribution is 4.96. The van der Waals surface area contributed by atoms with Crippen LogP contribution in [-0.2, 0) is 0 Å². The van der Waals surface area contributed by atoms with Gasteiger partial charge in [-0.15, -0.1) is 0 Å². The highest BCUT2D eigenvalue weighted by Gasteiger charge is 2.17. The minimum absolute atomic E-state index is 0.683. The Morgan fingerprint density at radius 3 is 2.59 bits per heavy atom. The monoisotopic (exact) mass is 237 g/mol. The first-order chi connectivity index (χ1) is 8.26. The average Bonchev–Trinajstić information content (AvgIpc) is 2.85. The molecule has 0 aromatic rings. The van der Waals surface area contributed by atoms with Crippen LogP contribution in [0.1, 0.15) is 71.6 Å². The lowest BCUT2D eigenvalue weighted by molar-refractivity contribution is 0.400. The minimum Gasteiger partial charge on any atom is -0.314 e. The molecule has 1 saturated carbocycles. The van der Waals surface area contributed by atoms with Crippen molar-refractivity contribution in [2.24, 2.45) is 5.92 Å². The first-order valence-corrected chi connectivity index (χ1v) is 7.66. The van der Waals surface area contributed by atoms with Crippen molar-refractivity contribution < 1.29 is 0 Å². The summed E-state index contributed by atoms with van der Waals surface area (Å²) in [6, 6.07) is 0.683. The fraction of sp³-hybridized carbons (Fsp3) is 0.875. The summed E-state index contributed by atoms with van der Waals surface area (Å²) in [5, 5.41) is 3.70. The molecule has 0 aromatic heterocycles. The highest BCUT2D eigenvalue weighted by atomic mass is 14.9. The number of hydrogen-bond acceptors (Lipinski definition) is 1. The van der Waals surface area contributed by atoms with Crippen LogP contribution < -0.4 is 5.32 Å². The molecule has 1 fully saturated rings. The maximum atomic E-state index is 4.16. The summed E-state index contributed by atoms with van der Waals surface area (Å²) in [7, 11) is 0. The third-order valence-corrected chi connectivity index (χ3v) is 4.12. The lowest BCUT2D eigenvalue weighted by Crippen LogP contribution is -2.30. The molecule has 100 valence electrons. The van der Waals surface area contributed by atoms with Crippen LogP contribution in [0.2, 0.25) is 0 Å². The molecule has 0 spiro atoms. The normalized spacial score (nSPS) is 18.5. The second-order valence-electron chi connectivity index (χ2n) is 5.69. The minimum atomic E-state index is 0.683. The largest absolute Gasteiger partial charge is 0.314 e. The average molecular weight is 237 g/mol. The van der Waals surface area contributed by atoms with Gasteiger partial charge in [0.25, 0.3) is 0 Å². The first-order valence-electron chi connectivity index (χ1n) is 7.66. The first kappa shape index (κ1) is 14.8. The Hall–Kier alpha value is -0.300. The van der Waals surface area contributed by atoms with E-state index in [2.05, 4.69) is 25.7 Å². The van der Waals surface area contributed by atoms with Gasteiger partial charge in [-0.2, -0.15) is 0 Å². The smallest absolute Gasteiger partial charge is 0.0104 e. The molecule has 0 radical (unpaired) electrons. The lowest BCUT2D eigenvalue weighted by atomic mass is 9.94. The molecular weight excluding hydrogens is 206 g/mol. The summed E-state index contributed by atoms with van der Waals surface area (Å²) < 4.78 is 0. The standard InChI is InChI=1S/C16H31N/c1-4-12-17-16(13-14(3)5-2)11-10-15-8-6-7-9-15/h15-17H,3-13H2,1-2H3. The van der Waals surface area contributed by atoms with Gasteiger partial charge >= 0.3 is 0 Å². The van der Waals surface area contributed by atoms with Crippen molar-refractivity contribution in [3.8, 4) is 0 Å². The summed E-state index contributed by atoms with van der Waals surface area (Å²) in [6.45, 7) is 9.78. The molecule has 1 N–H and O–H groups in total. The molecule has 1 heteroatoms. The Morgan fingerprint density at radius 2 is 2.00 bits per heavy atom. The SMILES string of the molecule is C=C(CC)CC(CCC1CCCC1)NCCC. The third kappa shape index (κ3) is 6.26. The predicted molar refractivity (Wildman–Crippen MR) is 77.3 cm³/mol. The second-order valence-corrected chi connectivity index (χ2v) is 5.69. The number of hydrogen-bond donors (Lipinski definition) is 1. The predicted octanol–water partition coefficient (Wildman–Crippen LogP) is 4.68. The van der Waals surface area contributed by atoms with E-state index in [0.29, 0.717) is 6.04 Å². The highest BCUT2D eigenvalue weighted by Crippen LogP contribution is 2.29. The molecule has 0 heterocycles. The Kier molecular flexibility index (Phi) is 7.59. The number of nitrogens with one attached hydrogen (secondary N) is 1. The van der Waals surface area contributed by atoms with Crippen LogP contribution in [0.4, 0.5) is 0 Å². The van der Waals surface area contributed by atoms with E-state index < -0.39 is 0 Å². The van der Waals surface area contributed by atoms with Crippen LogP contribution in [0.25, 0.3) is 0 Å². The Labute approximate surface area is 108 Å². The van der Waals surface area contributed by atoms with Crippen molar-refractivity contribution in [1.82, 2.24) is 5.32 Å². The van der Waals surface area contributed by atoms with Gasteiger partial charge in [-0.25, -0.2) is 0 Å².